The third-order valence-corrected chi connectivity index (χ3v) is 3.25. The number of alkyl halides is 3. The van der Waals surface area contributed by atoms with Gasteiger partial charge in [-0.25, -0.2) is 0 Å². The molecule has 20 heavy (non-hydrogen) atoms. The first-order valence-electron chi connectivity index (χ1n) is 6.75. The summed E-state index contributed by atoms with van der Waals surface area (Å²) < 4.78 is 43.5. The number of para-hydroxylation sites is 1. The van der Waals surface area contributed by atoms with Crippen LogP contribution in [0, 0.1) is 5.41 Å². The van der Waals surface area contributed by atoms with Gasteiger partial charge in [-0.1, -0.05) is 26.0 Å². The summed E-state index contributed by atoms with van der Waals surface area (Å²) in [6.07, 6.45) is -1.83. The maximum atomic E-state index is 12.7. The van der Waals surface area contributed by atoms with Gasteiger partial charge in [0.25, 0.3) is 0 Å². The van der Waals surface area contributed by atoms with Crippen molar-refractivity contribution in [2.45, 2.75) is 39.3 Å². The van der Waals surface area contributed by atoms with Crippen molar-refractivity contribution in [2.75, 3.05) is 13.2 Å². The van der Waals surface area contributed by atoms with Gasteiger partial charge in [-0.3, -0.25) is 0 Å². The first-order chi connectivity index (χ1) is 9.26. The van der Waals surface area contributed by atoms with Gasteiger partial charge < -0.3 is 10.5 Å². The first-order valence-corrected chi connectivity index (χ1v) is 6.75. The Morgan fingerprint density at radius 3 is 2.35 bits per heavy atom. The molecule has 2 N–H and O–H groups in total. The highest BCUT2D eigenvalue weighted by Crippen LogP contribution is 2.35. The van der Waals surface area contributed by atoms with Crippen LogP contribution in [0.1, 0.15) is 38.7 Å². The topological polar surface area (TPSA) is 35.2 Å². The molecular weight excluding hydrogens is 267 g/mol. The summed E-state index contributed by atoms with van der Waals surface area (Å²) in [4.78, 5) is 0. The van der Waals surface area contributed by atoms with Gasteiger partial charge in [-0.05, 0) is 43.4 Å². The van der Waals surface area contributed by atoms with Crippen molar-refractivity contribution in [3.63, 3.8) is 0 Å². The van der Waals surface area contributed by atoms with Crippen LogP contribution in [0.4, 0.5) is 13.2 Å². The van der Waals surface area contributed by atoms with Crippen molar-refractivity contribution in [1.82, 2.24) is 0 Å². The molecular formula is C15H22F3NO. The second-order valence-corrected chi connectivity index (χ2v) is 5.67. The normalized spacial score (nSPS) is 12.5. The summed E-state index contributed by atoms with van der Waals surface area (Å²) in [5, 5.41) is 0. The molecule has 114 valence electrons. The minimum Gasteiger partial charge on any atom is -0.493 e. The van der Waals surface area contributed by atoms with Crippen LogP contribution in [0.5, 0.6) is 5.75 Å². The van der Waals surface area contributed by atoms with Crippen LogP contribution in [-0.2, 0) is 6.18 Å². The Kier molecular flexibility index (Phi) is 5.87. The third kappa shape index (κ3) is 5.41. The molecule has 5 heteroatoms. The molecule has 0 heterocycles. The van der Waals surface area contributed by atoms with E-state index in [4.69, 9.17) is 10.5 Å². The quantitative estimate of drug-likeness (QED) is 0.762. The fourth-order valence-corrected chi connectivity index (χ4v) is 1.82. The second-order valence-electron chi connectivity index (χ2n) is 5.67. The van der Waals surface area contributed by atoms with Crippen LogP contribution in [0.25, 0.3) is 0 Å². The molecule has 0 unspecified atom stereocenters. The van der Waals surface area contributed by atoms with Crippen molar-refractivity contribution < 1.29 is 17.9 Å². The second kappa shape index (κ2) is 6.97. The average Bonchev–Trinajstić information content (AvgIpc) is 2.37. The van der Waals surface area contributed by atoms with Gasteiger partial charge in [0.1, 0.15) is 5.75 Å². The lowest BCUT2D eigenvalue weighted by Crippen LogP contribution is -2.23. The highest BCUT2D eigenvalue weighted by molar-refractivity contribution is 5.35. The predicted molar refractivity (Wildman–Crippen MR) is 73.6 cm³/mol. The average molecular weight is 289 g/mol. The van der Waals surface area contributed by atoms with Gasteiger partial charge in [0.15, 0.2) is 0 Å². The summed E-state index contributed by atoms with van der Waals surface area (Å²) in [6, 6.07) is 5.29. The van der Waals surface area contributed by atoms with Gasteiger partial charge in [0.2, 0.25) is 0 Å². The molecule has 0 aliphatic carbocycles. The Hall–Kier alpha value is -1.23. The number of hydrogen-bond donors (Lipinski definition) is 1. The van der Waals surface area contributed by atoms with E-state index in [2.05, 4.69) is 13.8 Å². The summed E-state index contributed by atoms with van der Waals surface area (Å²) >= 11 is 0. The number of halogens is 3. The van der Waals surface area contributed by atoms with Crippen LogP contribution in [-0.4, -0.2) is 13.2 Å². The SMILES string of the molecule is CC(C)(CN)CCCCOc1ccccc1C(F)(F)F. The summed E-state index contributed by atoms with van der Waals surface area (Å²) in [6.45, 7) is 5.04. The number of unbranched alkanes of at least 4 members (excludes halogenated alkanes) is 1. The third-order valence-electron chi connectivity index (χ3n) is 3.25. The molecule has 0 amide bonds. The fourth-order valence-electron chi connectivity index (χ4n) is 1.82. The Labute approximate surface area is 118 Å². The number of benzene rings is 1. The molecule has 0 saturated heterocycles. The highest BCUT2D eigenvalue weighted by atomic mass is 19.4. The molecule has 0 radical (unpaired) electrons. The van der Waals surface area contributed by atoms with E-state index in [9.17, 15) is 13.2 Å². The van der Waals surface area contributed by atoms with Gasteiger partial charge in [0.05, 0.1) is 12.2 Å². The number of nitrogens with two attached hydrogens (primary N) is 1. The molecule has 0 aliphatic rings. The lowest BCUT2D eigenvalue weighted by molar-refractivity contribution is -0.138. The largest absolute Gasteiger partial charge is 0.493 e. The highest BCUT2D eigenvalue weighted by Gasteiger charge is 2.33. The number of hydrogen-bond acceptors (Lipinski definition) is 2. The summed E-state index contributed by atoms with van der Waals surface area (Å²) in [7, 11) is 0. The van der Waals surface area contributed by atoms with E-state index in [1.807, 2.05) is 0 Å². The minimum atomic E-state index is -4.38. The van der Waals surface area contributed by atoms with E-state index in [1.165, 1.54) is 12.1 Å². The maximum Gasteiger partial charge on any atom is 0.419 e. The fraction of sp³-hybridized carbons (Fsp3) is 0.600. The zero-order valence-electron chi connectivity index (χ0n) is 12.0. The molecule has 1 aromatic carbocycles. The van der Waals surface area contributed by atoms with Crippen LogP contribution in [0.2, 0.25) is 0 Å². The van der Waals surface area contributed by atoms with E-state index in [-0.39, 0.29) is 17.8 Å². The van der Waals surface area contributed by atoms with Gasteiger partial charge in [-0.2, -0.15) is 13.2 Å². The van der Waals surface area contributed by atoms with Crippen molar-refractivity contribution in [1.29, 1.82) is 0 Å². The zero-order valence-corrected chi connectivity index (χ0v) is 12.0. The van der Waals surface area contributed by atoms with Crippen molar-refractivity contribution in [2.24, 2.45) is 11.1 Å². The number of rotatable bonds is 7. The molecule has 0 bridgehead atoms. The van der Waals surface area contributed by atoms with E-state index in [0.29, 0.717) is 6.54 Å². The monoisotopic (exact) mass is 289 g/mol. The van der Waals surface area contributed by atoms with Crippen molar-refractivity contribution >= 4 is 0 Å². The minimum absolute atomic E-state index is 0.0733. The number of ether oxygens (including phenoxy) is 1. The first kappa shape index (κ1) is 16.8. The maximum absolute atomic E-state index is 12.7. The standard InChI is InChI=1S/C15H22F3NO/c1-14(2,11-19)9-5-6-10-20-13-8-4-3-7-12(13)15(16,17)18/h3-4,7-8H,5-6,9-11,19H2,1-2H3. The Balaban J connectivity index is 2.44. The molecule has 1 aromatic rings. The predicted octanol–water partition coefficient (Wildman–Crippen LogP) is 4.24. The van der Waals surface area contributed by atoms with Gasteiger partial charge in [0, 0.05) is 0 Å². The van der Waals surface area contributed by atoms with Crippen LogP contribution in [0.15, 0.2) is 24.3 Å². The molecule has 0 saturated carbocycles. The molecule has 0 aliphatic heterocycles. The smallest absolute Gasteiger partial charge is 0.419 e. The molecule has 0 spiro atoms. The molecule has 1 rings (SSSR count). The van der Waals surface area contributed by atoms with Gasteiger partial charge in [-0.15, -0.1) is 0 Å². The van der Waals surface area contributed by atoms with Gasteiger partial charge >= 0.3 is 6.18 Å². The Morgan fingerprint density at radius 2 is 1.75 bits per heavy atom. The lowest BCUT2D eigenvalue weighted by atomic mass is 9.87. The molecule has 0 aromatic heterocycles. The zero-order chi connectivity index (χ0) is 15.2. The van der Waals surface area contributed by atoms with E-state index >= 15 is 0 Å². The van der Waals surface area contributed by atoms with Crippen LogP contribution >= 0.6 is 0 Å². The van der Waals surface area contributed by atoms with Crippen LogP contribution < -0.4 is 10.5 Å². The summed E-state index contributed by atoms with van der Waals surface area (Å²) in [5.74, 6) is -0.0990. The molecule has 2 nitrogen and oxygen atoms in total. The van der Waals surface area contributed by atoms with E-state index in [1.54, 1.807) is 6.07 Å². The molecule has 0 atom stereocenters. The van der Waals surface area contributed by atoms with Crippen molar-refractivity contribution in [3.8, 4) is 5.75 Å². The molecule has 0 fully saturated rings. The summed E-state index contributed by atoms with van der Waals surface area (Å²) in [5.41, 5.74) is 4.98. The van der Waals surface area contributed by atoms with Crippen LogP contribution in [0.3, 0.4) is 0 Å². The lowest BCUT2D eigenvalue weighted by Gasteiger charge is -2.22. The Bertz CT molecular complexity index is 416. The van der Waals surface area contributed by atoms with Crippen molar-refractivity contribution in [3.05, 3.63) is 29.8 Å². The Morgan fingerprint density at radius 1 is 1.10 bits per heavy atom. The van der Waals surface area contributed by atoms with E-state index < -0.39 is 11.7 Å². The van der Waals surface area contributed by atoms with E-state index in [0.717, 1.165) is 25.3 Å².